The Hall–Kier alpha value is -3.38. The predicted molar refractivity (Wildman–Crippen MR) is 129 cm³/mol. The molecule has 1 fully saturated rings. The average molecular weight is 462 g/mol. The SMILES string of the molecule is O=C(COc1ccc(C2CCCCC2)cc1)Nc1ccc(Cl)c(-c2nc3ncccc3o2)c1. The molecule has 0 aliphatic heterocycles. The fraction of sp³-hybridized carbons (Fsp3) is 0.269. The first-order chi connectivity index (χ1) is 16.2. The monoisotopic (exact) mass is 461 g/mol. The molecule has 0 unspecified atom stereocenters. The van der Waals surface area contributed by atoms with Gasteiger partial charge in [0.05, 0.1) is 10.6 Å². The first kappa shape index (κ1) is 21.5. The smallest absolute Gasteiger partial charge is 0.262 e. The van der Waals surface area contributed by atoms with Gasteiger partial charge in [-0.25, -0.2) is 4.98 Å². The summed E-state index contributed by atoms with van der Waals surface area (Å²) in [5.74, 6) is 1.41. The van der Waals surface area contributed by atoms with Crippen molar-refractivity contribution in [2.75, 3.05) is 11.9 Å². The molecule has 1 saturated carbocycles. The summed E-state index contributed by atoms with van der Waals surface area (Å²) in [6, 6.07) is 16.8. The summed E-state index contributed by atoms with van der Waals surface area (Å²) in [6.07, 6.45) is 8.11. The maximum absolute atomic E-state index is 12.5. The van der Waals surface area contributed by atoms with Crippen LogP contribution in [-0.2, 0) is 4.79 Å². The van der Waals surface area contributed by atoms with Crippen LogP contribution in [0.15, 0.2) is 65.2 Å². The largest absolute Gasteiger partial charge is 0.484 e. The average Bonchev–Trinajstić information content (AvgIpc) is 3.29. The van der Waals surface area contributed by atoms with Crippen molar-refractivity contribution in [3.63, 3.8) is 0 Å². The molecule has 0 saturated heterocycles. The van der Waals surface area contributed by atoms with Crippen molar-refractivity contribution in [2.24, 2.45) is 0 Å². The van der Waals surface area contributed by atoms with Gasteiger partial charge >= 0.3 is 0 Å². The second-order valence-corrected chi connectivity index (χ2v) is 8.69. The van der Waals surface area contributed by atoms with Gasteiger partial charge in [-0.1, -0.05) is 43.0 Å². The highest BCUT2D eigenvalue weighted by Crippen LogP contribution is 2.34. The van der Waals surface area contributed by atoms with Crippen LogP contribution >= 0.6 is 11.6 Å². The third-order valence-corrected chi connectivity index (χ3v) is 6.30. The van der Waals surface area contributed by atoms with Crippen LogP contribution < -0.4 is 10.1 Å². The second kappa shape index (κ2) is 9.63. The Morgan fingerprint density at radius 2 is 1.91 bits per heavy atom. The number of amides is 1. The highest BCUT2D eigenvalue weighted by molar-refractivity contribution is 6.33. The molecule has 1 aliphatic carbocycles. The van der Waals surface area contributed by atoms with E-state index in [1.165, 1.54) is 37.7 Å². The number of anilines is 1. The van der Waals surface area contributed by atoms with Crippen molar-refractivity contribution in [2.45, 2.75) is 38.0 Å². The summed E-state index contributed by atoms with van der Waals surface area (Å²) in [4.78, 5) is 21.0. The number of pyridine rings is 1. The van der Waals surface area contributed by atoms with E-state index in [2.05, 4.69) is 27.4 Å². The summed E-state index contributed by atoms with van der Waals surface area (Å²) >= 11 is 6.35. The number of benzene rings is 2. The maximum Gasteiger partial charge on any atom is 0.262 e. The third-order valence-electron chi connectivity index (χ3n) is 5.97. The molecule has 7 heteroatoms. The molecule has 4 aromatic rings. The molecule has 0 atom stereocenters. The molecule has 33 heavy (non-hydrogen) atoms. The molecule has 5 rings (SSSR count). The number of carbonyl (C=O) groups is 1. The fourth-order valence-corrected chi connectivity index (χ4v) is 4.47. The van der Waals surface area contributed by atoms with E-state index in [-0.39, 0.29) is 12.5 Å². The highest BCUT2D eigenvalue weighted by Gasteiger charge is 2.16. The second-order valence-electron chi connectivity index (χ2n) is 8.28. The maximum atomic E-state index is 12.5. The standard InChI is InChI=1S/C26H24ClN3O3/c27-22-13-10-19(15-21(22)26-30-25-23(33-26)7-4-14-28-25)29-24(31)16-32-20-11-8-18(9-12-20)17-5-2-1-3-6-17/h4,7-15,17H,1-3,5-6,16H2,(H,29,31). The van der Waals surface area contributed by atoms with Gasteiger partial charge in [0.1, 0.15) is 5.75 Å². The first-order valence-electron chi connectivity index (χ1n) is 11.2. The van der Waals surface area contributed by atoms with Crippen molar-refractivity contribution in [3.8, 4) is 17.2 Å². The first-order valence-corrected chi connectivity index (χ1v) is 11.6. The van der Waals surface area contributed by atoms with E-state index < -0.39 is 0 Å². The van der Waals surface area contributed by atoms with Gasteiger partial charge in [0.2, 0.25) is 5.89 Å². The molecule has 168 valence electrons. The van der Waals surface area contributed by atoms with Crippen LogP contribution in [0, 0.1) is 0 Å². The van der Waals surface area contributed by atoms with Gasteiger partial charge in [0, 0.05) is 11.9 Å². The van der Waals surface area contributed by atoms with Crippen molar-refractivity contribution in [3.05, 3.63) is 71.4 Å². The quantitative estimate of drug-likeness (QED) is 0.349. The number of aromatic nitrogens is 2. The Kier molecular flexibility index (Phi) is 6.26. The molecule has 6 nitrogen and oxygen atoms in total. The molecule has 0 spiro atoms. The van der Waals surface area contributed by atoms with Crippen LogP contribution in [0.2, 0.25) is 5.02 Å². The number of halogens is 1. The van der Waals surface area contributed by atoms with Crippen LogP contribution in [-0.4, -0.2) is 22.5 Å². The zero-order valence-electron chi connectivity index (χ0n) is 18.1. The Morgan fingerprint density at radius 1 is 1.09 bits per heavy atom. The zero-order valence-corrected chi connectivity index (χ0v) is 18.8. The summed E-state index contributed by atoms with van der Waals surface area (Å²) in [7, 11) is 0. The number of hydrogen-bond acceptors (Lipinski definition) is 5. The van der Waals surface area contributed by atoms with Gasteiger partial charge in [-0.05, 0) is 66.8 Å². The van der Waals surface area contributed by atoms with Crippen LogP contribution in [0.3, 0.4) is 0 Å². The van der Waals surface area contributed by atoms with Crippen molar-refractivity contribution >= 4 is 34.4 Å². The van der Waals surface area contributed by atoms with Gasteiger partial charge in [0.15, 0.2) is 17.8 Å². The van der Waals surface area contributed by atoms with E-state index in [1.54, 1.807) is 36.5 Å². The van der Waals surface area contributed by atoms with Gasteiger partial charge in [0.25, 0.3) is 5.91 Å². The van der Waals surface area contributed by atoms with Crippen LogP contribution in [0.5, 0.6) is 5.75 Å². The fourth-order valence-electron chi connectivity index (χ4n) is 4.27. The Labute approximate surface area is 197 Å². The number of nitrogens with zero attached hydrogens (tertiary/aromatic N) is 2. The molecular weight excluding hydrogens is 438 g/mol. The molecule has 2 aromatic heterocycles. The molecule has 1 aliphatic rings. The number of carbonyl (C=O) groups excluding carboxylic acids is 1. The van der Waals surface area contributed by atoms with Crippen molar-refractivity contribution in [1.82, 2.24) is 9.97 Å². The minimum atomic E-state index is -0.265. The predicted octanol–water partition coefficient (Wildman–Crippen LogP) is 6.61. The van der Waals surface area contributed by atoms with Gasteiger partial charge < -0.3 is 14.5 Å². The van der Waals surface area contributed by atoms with E-state index in [9.17, 15) is 4.79 Å². The van der Waals surface area contributed by atoms with E-state index in [0.717, 1.165) is 0 Å². The lowest BCUT2D eigenvalue weighted by Gasteiger charge is -2.22. The van der Waals surface area contributed by atoms with E-state index >= 15 is 0 Å². The van der Waals surface area contributed by atoms with Crippen LogP contribution in [0.4, 0.5) is 5.69 Å². The minimum Gasteiger partial charge on any atom is -0.484 e. The Balaban J connectivity index is 1.21. The molecule has 2 heterocycles. The number of hydrogen-bond donors (Lipinski definition) is 1. The van der Waals surface area contributed by atoms with Gasteiger partial charge in [-0.3, -0.25) is 4.79 Å². The van der Waals surface area contributed by atoms with E-state index in [0.29, 0.717) is 45.1 Å². The summed E-state index contributed by atoms with van der Waals surface area (Å²) in [5, 5.41) is 3.31. The number of oxazole rings is 1. The molecule has 0 radical (unpaired) electrons. The number of fused-ring (bicyclic) bond motifs is 1. The molecule has 0 bridgehead atoms. The normalized spacial score (nSPS) is 14.3. The van der Waals surface area contributed by atoms with Gasteiger partial charge in [-0.15, -0.1) is 0 Å². The molecular formula is C26H24ClN3O3. The third kappa shape index (κ3) is 5.01. The van der Waals surface area contributed by atoms with Crippen LogP contribution in [0.25, 0.3) is 22.7 Å². The Bertz CT molecular complexity index is 1230. The molecule has 1 N–H and O–H groups in total. The zero-order chi connectivity index (χ0) is 22.6. The lowest BCUT2D eigenvalue weighted by Crippen LogP contribution is -2.20. The summed E-state index contributed by atoms with van der Waals surface area (Å²) < 4.78 is 11.4. The number of nitrogens with one attached hydrogen (secondary N) is 1. The summed E-state index contributed by atoms with van der Waals surface area (Å²) in [5.41, 5.74) is 3.58. The van der Waals surface area contributed by atoms with Crippen LogP contribution in [0.1, 0.15) is 43.6 Å². The van der Waals surface area contributed by atoms with E-state index in [1.807, 2.05) is 12.1 Å². The number of rotatable bonds is 6. The lowest BCUT2D eigenvalue weighted by molar-refractivity contribution is -0.118. The lowest BCUT2D eigenvalue weighted by atomic mass is 9.84. The topological polar surface area (TPSA) is 77.2 Å². The molecule has 2 aromatic carbocycles. The minimum absolute atomic E-state index is 0.0897. The van der Waals surface area contributed by atoms with E-state index in [4.69, 9.17) is 20.8 Å². The highest BCUT2D eigenvalue weighted by atomic mass is 35.5. The Morgan fingerprint density at radius 3 is 2.70 bits per heavy atom. The number of ether oxygens (including phenoxy) is 1. The summed E-state index contributed by atoms with van der Waals surface area (Å²) in [6.45, 7) is -0.0897. The van der Waals surface area contributed by atoms with Crippen molar-refractivity contribution < 1.29 is 13.9 Å². The molecule has 1 amide bonds. The van der Waals surface area contributed by atoms with Crippen molar-refractivity contribution in [1.29, 1.82) is 0 Å². The van der Waals surface area contributed by atoms with Gasteiger partial charge in [-0.2, -0.15) is 4.98 Å².